The van der Waals surface area contributed by atoms with Crippen LogP contribution in [0.4, 0.5) is 11.4 Å². The van der Waals surface area contributed by atoms with Gasteiger partial charge in [0.2, 0.25) is 5.91 Å². The molecule has 0 atom stereocenters. The lowest BCUT2D eigenvalue weighted by Crippen LogP contribution is -2.13. The predicted octanol–water partition coefficient (Wildman–Crippen LogP) is 3.09. The van der Waals surface area contributed by atoms with Crippen molar-refractivity contribution in [2.75, 3.05) is 17.7 Å². The first-order chi connectivity index (χ1) is 12.6. The van der Waals surface area contributed by atoms with Gasteiger partial charge in [-0.15, -0.1) is 0 Å². The molecule has 7 heteroatoms. The first-order valence-corrected chi connectivity index (χ1v) is 7.94. The zero-order valence-corrected chi connectivity index (χ0v) is 14.4. The van der Waals surface area contributed by atoms with E-state index in [1.807, 2.05) is 24.4 Å². The molecule has 26 heavy (non-hydrogen) atoms. The summed E-state index contributed by atoms with van der Waals surface area (Å²) in [7, 11) is 1.52. The van der Waals surface area contributed by atoms with Crippen LogP contribution in [0.2, 0.25) is 0 Å². The Morgan fingerprint density at radius 3 is 2.46 bits per heavy atom. The Morgan fingerprint density at radius 1 is 1.08 bits per heavy atom. The fraction of sp³-hybridized carbons (Fsp3) is 0.105. The van der Waals surface area contributed by atoms with E-state index >= 15 is 0 Å². The first kappa shape index (κ1) is 17.2. The first-order valence-electron chi connectivity index (χ1n) is 7.94. The third-order valence-corrected chi connectivity index (χ3v) is 3.67. The third kappa shape index (κ3) is 3.89. The number of aromatic nitrogens is 2. The molecule has 0 saturated carbocycles. The van der Waals surface area contributed by atoms with Crippen LogP contribution in [0.3, 0.4) is 0 Å². The Balaban J connectivity index is 1.79. The Morgan fingerprint density at radius 2 is 1.85 bits per heavy atom. The molecule has 0 bridgehead atoms. The molecule has 3 aromatic rings. The van der Waals surface area contributed by atoms with Crippen LogP contribution < -0.4 is 15.4 Å². The Hall–Kier alpha value is -3.61. The number of carbonyl (C=O) groups excluding carboxylic acids is 2. The van der Waals surface area contributed by atoms with Crippen LogP contribution in [-0.4, -0.2) is 28.7 Å². The van der Waals surface area contributed by atoms with Crippen LogP contribution in [0.15, 0.2) is 60.9 Å². The third-order valence-electron chi connectivity index (χ3n) is 3.67. The lowest BCUT2D eigenvalue weighted by Gasteiger charge is -2.12. The van der Waals surface area contributed by atoms with E-state index in [0.29, 0.717) is 22.7 Å². The van der Waals surface area contributed by atoms with Crippen molar-refractivity contribution in [1.29, 1.82) is 0 Å². The zero-order valence-electron chi connectivity index (χ0n) is 14.4. The summed E-state index contributed by atoms with van der Waals surface area (Å²) in [6.07, 6.45) is 3.52. The standard InChI is InChI=1S/C19H18N4O3/c1-13(24)21-15-6-9-18(26-2)17(12-15)22-19(25)14-4-7-16(8-5-14)23-11-3-10-20-23/h3-12H,1-2H3,(H,21,24)(H,22,25). The SMILES string of the molecule is COc1ccc(NC(C)=O)cc1NC(=O)c1ccc(-n2cccn2)cc1. The average molecular weight is 350 g/mol. The topological polar surface area (TPSA) is 85.3 Å². The Kier molecular flexibility index (Phi) is 4.98. The monoisotopic (exact) mass is 350 g/mol. The Bertz CT molecular complexity index is 918. The van der Waals surface area contributed by atoms with Crippen molar-refractivity contribution >= 4 is 23.2 Å². The summed E-state index contributed by atoms with van der Waals surface area (Å²) < 4.78 is 6.98. The summed E-state index contributed by atoms with van der Waals surface area (Å²) in [5.41, 5.74) is 2.40. The maximum atomic E-state index is 12.5. The maximum absolute atomic E-state index is 12.5. The van der Waals surface area contributed by atoms with Gasteiger partial charge in [-0.05, 0) is 48.5 Å². The van der Waals surface area contributed by atoms with Crippen LogP contribution in [0, 0.1) is 0 Å². The van der Waals surface area contributed by atoms with Gasteiger partial charge < -0.3 is 15.4 Å². The van der Waals surface area contributed by atoms with Crippen molar-refractivity contribution in [1.82, 2.24) is 9.78 Å². The molecule has 0 radical (unpaired) electrons. The minimum atomic E-state index is -0.282. The van der Waals surface area contributed by atoms with E-state index < -0.39 is 0 Å². The fourth-order valence-corrected chi connectivity index (χ4v) is 2.47. The van der Waals surface area contributed by atoms with Crippen molar-refractivity contribution in [3.8, 4) is 11.4 Å². The summed E-state index contributed by atoms with van der Waals surface area (Å²) in [4.78, 5) is 23.8. The van der Waals surface area contributed by atoms with Gasteiger partial charge in [0, 0.05) is 30.6 Å². The molecule has 0 aliphatic heterocycles. The van der Waals surface area contributed by atoms with E-state index in [0.717, 1.165) is 5.69 Å². The molecule has 2 N–H and O–H groups in total. The zero-order chi connectivity index (χ0) is 18.5. The molecule has 0 fully saturated rings. The van der Waals surface area contributed by atoms with Crippen LogP contribution in [0.5, 0.6) is 5.75 Å². The van der Waals surface area contributed by atoms with E-state index in [9.17, 15) is 9.59 Å². The van der Waals surface area contributed by atoms with E-state index in [1.165, 1.54) is 14.0 Å². The second-order valence-electron chi connectivity index (χ2n) is 5.55. The highest BCUT2D eigenvalue weighted by Crippen LogP contribution is 2.28. The molecule has 0 unspecified atom stereocenters. The smallest absolute Gasteiger partial charge is 0.255 e. The molecule has 7 nitrogen and oxygen atoms in total. The normalized spacial score (nSPS) is 10.2. The molecule has 0 saturated heterocycles. The summed E-state index contributed by atoms with van der Waals surface area (Å²) in [6.45, 7) is 1.42. The van der Waals surface area contributed by atoms with Gasteiger partial charge in [0.25, 0.3) is 5.91 Å². The van der Waals surface area contributed by atoms with Crippen molar-refractivity contribution in [3.63, 3.8) is 0 Å². The van der Waals surface area contributed by atoms with Gasteiger partial charge in [0.1, 0.15) is 5.75 Å². The molecule has 2 amide bonds. The number of benzene rings is 2. The summed E-state index contributed by atoms with van der Waals surface area (Å²) in [6, 6.07) is 13.9. The molecule has 0 aliphatic rings. The van der Waals surface area contributed by atoms with Gasteiger partial charge >= 0.3 is 0 Å². The summed E-state index contributed by atoms with van der Waals surface area (Å²) in [5.74, 6) is 0.0255. The molecule has 2 aromatic carbocycles. The number of hydrogen-bond acceptors (Lipinski definition) is 4. The lowest BCUT2D eigenvalue weighted by atomic mass is 10.2. The average Bonchev–Trinajstić information content (AvgIpc) is 3.16. The van der Waals surface area contributed by atoms with Gasteiger partial charge in [-0.3, -0.25) is 9.59 Å². The Labute approximate surface area is 150 Å². The van der Waals surface area contributed by atoms with Crippen LogP contribution >= 0.6 is 0 Å². The molecule has 132 valence electrons. The second-order valence-corrected chi connectivity index (χ2v) is 5.55. The van der Waals surface area contributed by atoms with Crippen molar-refractivity contribution < 1.29 is 14.3 Å². The number of carbonyl (C=O) groups is 2. The number of amides is 2. The largest absolute Gasteiger partial charge is 0.495 e. The molecule has 0 aliphatic carbocycles. The van der Waals surface area contributed by atoms with E-state index in [2.05, 4.69) is 15.7 Å². The van der Waals surface area contributed by atoms with Crippen LogP contribution in [0.1, 0.15) is 17.3 Å². The fourth-order valence-electron chi connectivity index (χ4n) is 2.47. The van der Waals surface area contributed by atoms with Crippen LogP contribution in [-0.2, 0) is 4.79 Å². The van der Waals surface area contributed by atoms with Gasteiger partial charge in [0.15, 0.2) is 0 Å². The number of ether oxygens (including phenoxy) is 1. The molecule has 0 spiro atoms. The quantitative estimate of drug-likeness (QED) is 0.740. The number of rotatable bonds is 5. The van der Waals surface area contributed by atoms with Crippen molar-refractivity contribution in [2.45, 2.75) is 6.92 Å². The van der Waals surface area contributed by atoms with E-state index in [-0.39, 0.29) is 11.8 Å². The van der Waals surface area contributed by atoms with Crippen LogP contribution in [0.25, 0.3) is 5.69 Å². The number of hydrogen-bond donors (Lipinski definition) is 2. The predicted molar refractivity (Wildman–Crippen MR) is 98.8 cm³/mol. The van der Waals surface area contributed by atoms with Gasteiger partial charge in [-0.1, -0.05) is 0 Å². The van der Waals surface area contributed by atoms with Crippen molar-refractivity contribution in [3.05, 3.63) is 66.5 Å². The van der Waals surface area contributed by atoms with E-state index in [4.69, 9.17) is 4.74 Å². The molecule has 3 rings (SSSR count). The number of anilines is 2. The molecule has 1 aromatic heterocycles. The molecular weight excluding hydrogens is 332 g/mol. The highest BCUT2D eigenvalue weighted by molar-refractivity contribution is 6.05. The number of nitrogens with one attached hydrogen (secondary N) is 2. The molecular formula is C19H18N4O3. The summed E-state index contributed by atoms with van der Waals surface area (Å²) >= 11 is 0. The second kappa shape index (κ2) is 7.52. The molecule has 1 heterocycles. The highest BCUT2D eigenvalue weighted by Gasteiger charge is 2.11. The highest BCUT2D eigenvalue weighted by atomic mass is 16.5. The van der Waals surface area contributed by atoms with Crippen molar-refractivity contribution in [2.24, 2.45) is 0 Å². The number of nitrogens with zero attached hydrogens (tertiary/aromatic N) is 2. The summed E-state index contributed by atoms with van der Waals surface area (Å²) in [5, 5.41) is 9.63. The van der Waals surface area contributed by atoms with Gasteiger partial charge in [0.05, 0.1) is 18.5 Å². The van der Waals surface area contributed by atoms with Gasteiger partial charge in [-0.2, -0.15) is 5.10 Å². The maximum Gasteiger partial charge on any atom is 0.255 e. The van der Waals surface area contributed by atoms with Gasteiger partial charge in [-0.25, -0.2) is 4.68 Å². The number of methoxy groups -OCH3 is 1. The minimum absolute atomic E-state index is 0.193. The lowest BCUT2D eigenvalue weighted by molar-refractivity contribution is -0.114. The minimum Gasteiger partial charge on any atom is -0.495 e. The van der Waals surface area contributed by atoms with E-state index in [1.54, 1.807) is 41.2 Å².